The van der Waals surface area contributed by atoms with Crippen molar-refractivity contribution in [2.45, 2.75) is 19.4 Å². The second-order valence-electron chi connectivity index (χ2n) is 5.81. The molecule has 2 aromatic rings. The predicted octanol–water partition coefficient (Wildman–Crippen LogP) is 2.69. The van der Waals surface area contributed by atoms with Crippen molar-refractivity contribution in [2.24, 2.45) is 0 Å². The van der Waals surface area contributed by atoms with E-state index in [1.54, 1.807) is 0 Å². The van der Waals surface area contributed by atoms with Crippen LogP contribution in [0.15, 0.2) is 36.4 Å². The molecular formula is C18H21NO3. The smallest absolute Gasteiger partial charge is 0.132 e. The summed E-state index contributed by atoms with van der Waals surface area (Å²) in [7, 11) is 0. The van der Waals surface area contributed by atoms with Crippen molar-refractivity contribution in [3.05, 3.63) is 42.0 Å². The number of aliphatic hydroxyl groups excluding tert-OH is 1. The molecule has 1 fully saturated rings. The lowest BCUT2D eigenvalue weighted by Gasteiger charge is -2.29. The molecule has 22 heavy (non-hydrogen) atoms. The second kappa shape index (κ2) is 6.46. The number of anilines is 1. The number of nitrogens with zero attached hydrogens (tertiary/aromatic N) is 1. The van der Waals surface area contributed by atoms with Crippen molar-refractivity contribution in [2.75, 3.05) is 31.2 Å². The van der Waals surface area contributed by atoms with Crippen LogP contribution in [0.2, 0.25) is 0 Å². The molecule has 0 bridgehead atoms. The molecule has 1 aliphatic heterocycles. The molecule has 0 radical (unpaired) electrons. The van der Waals surface area contributed by atoms with Crippen molar-refractivity contribution >= 4 is 22.2 Å². The van der Waals surface area contributed by atoms with Crippen LogP contribution >= 0.6 is 0 Å². The summed E-state index contributed by atoms with van der Waals surface area (Å²) in [6.07, 6.45) is -0.557. The van der Waals surface area contributed by atoms with Crippen LogP contribution < -0.4 is 4.90 Å². The highest BCUT2D eigenvalue weighted by Gasteiger charge is 2.13. The average Bonchev–Trinajstić information content (AvgIpc) is 2.54. The fourth-order valence-electron chi connectivity index (χ4n) is 2.87. The summed E-state index contributed by atoms with van der Waals surface area (Å²) in [4.78, 5) is 13.5. The van der Waals surface area contributed by atoms with E-state index in [0.717, 1.165) is 42.6 Å². The van der Waals surface area contributed by atoms with Gasteiger partial charge < -0.3 is 14.7 Å². The first-order chi connectivity index (χ1) is 10.6. The molecule has 0 spiro atoms. The standard InChI is InChI=1S/C18H21NO3/c1-13(20)10-18(21)16-3-2-15-12-17(5-4-14(15)11-16)19-6-8-22-9-7-19/h2-5,11-12,18,21H,6-10H2,1H3. The van der Waals surface area contributed by atoms with E-state index >= 15 is 0 Å². The lowest BCUT2D eigenvalue weighted by atomic mass is 10.00. The first kappa shape index (κ1) is 15.0. The topological polar surface area (TPSA) is 49.8 Å². The van der Waals surface area contributed by atoms with Crippen molar-refractivity contribution in [3.8, 4) is 0 Å². The van der Waals surface area contributed by atoms with Crippen LogP contribution in [0.5, 0.6) is 0 Å². The van der Waals surface area contributed by atoms with E-state index in [-0.39, 0.29) is 12.2 Å². The molecule has 1 saturated heterocycles. The molecule has 1 aliphatic rings. The van der Waals surface area contributed by atoms with Crippen LogP contribution in [0.4, 0.5) is 5.69 Å². The number of fused-ring (bicyclic) bond motifs is 1. The molecule has 1 unspecified atom stereocenters. The van der Waals surface area contributed by atoms with Crippen LogP contribution in [0.3, 0.4) is 0 Å². The largest absolute Gasteiger partial charge is 0.388 e. The zero-order chi connectivity index (χ0) is 15.5. The predicted molar refractivity (Wildman–Crippen MR) is 87.2 cm³/mol. The summed E-state index contributed by atoms with van der Waals surface area (Å²) >= 11 is 0. The Morgan fingerprint density at radius 2 is 1.86 bits per heavy atom. The van der Waals surface area contributed by atoms with Gasteiger partial charge in [0.15, 0.2) is 0 Å². The van der Waals surface area contributed by atoms with Crippen LogP contribution in [0, 0.1) is 0 Å². The van der Waals surface area contributed by atoms with E-state index in [2.05, 4.69) is 23.1 Å². The van der Waals surface area contributed by atoms with Gasteiger partial charge in [0.1, 0.15) is 5.78 Å². The summed E-state index contributed by atoms with van der Waals surface area (Å²) < 4.78 is 5.39. The molecule has 4 nitrogen and oxygen atoms in total. The molecule has 4 heteroatoms. The Hall–Kier alpha value is -1.91. The summed E-state index contributed by atoms with van der Waals surface area (Å²) in [5.74, 6) is -0.00439. The van der Waals surface area contributed by atoms with E-state index in [4.69, 9.17) is 4.74 Å². The molecule has 2 aromatic carbocycles. The molecule has 116 valence electrons. The molecule has 3 rings (SSSR count). The molecule has 1 atom stereocenters. The van der Waals surface area contributed by atoms with Crippen LogP contribution in [0.25, 0.3) is 10.8 Å². The second-order valence-corrected chi connectivity index (χ2v) is 5.81. The Bertz CT molecular complexity index is 677. The van der Waals surface area contributed by atoms with E-state index in [0.29, 0.717) is 0 Å². The summed E-state index contributed by atoms with van der Waals surface area (Å²) in [5.41, 5.74) is 2.00. The third-order valence-electron chi connectivity index (χ3n) is 4.09. The molecule has 0 amide bonds. The van der Waals surface area contributed by atoms with Crippen LogP contribution in [-0.4, -0.2) is 37.2 Å². The number of aliphatic hydroxyl groups is 1. The zero-order valence-corrected chi connectivity index (χ0v) is 12.8. The van der Waals surface area contributed by atoms with Gasteiger partial charge in [-0.1, -0.05) is 18.2 Å². The Balaban J connectivity index is 1.86. The van der Waals surface area contributed by atoms with Crippen molar-refractivity contribution in [3.63, 3.8) is 0 Å². The molecular weight excluding hydrogens is 278 g/mol. The van der Waals surface area contributed by atoms with Gasteiger partial charge in [0.25, 0.3) is 0 Å². The minimum atomic E-state index is -0.721. The van der Waals surface area contributed by atoms with Crippen LogP contribution in [-0.2, 0) is 9.53 Å². The Labute approximate surface area is 130 Å². The molecule has 0 aliphatic carbocycles. The highest BCUT2D eigenvalue weighted by molar-refractivity contribution is 5.87. The minimum Gasteiger partial charge on any atom is -0.388 e. The Kier molecular flexibility index (Phi) is 4.41. The number of ketones is 1. The number of hydrogen-bond donors (Lipinski definition) is 1. The highest BCUT2D eigenvalue weighted by atomic mass is 16.5. The quantitative estimate of drug-likeness (QED) is 0.943. The summed E-state index contributed by atoms with van der Waals surface area (Å²) in [6, 6.07) is 12.2. The van der Waals surface area contributed by atoms with Gasteiger partial charge in [-0.2, -0.15) is 0 Å². The maximum atomic E-state index is 11.1. The number of Topliss-reactive ketones (excluding diaryl/α,β-unsaturated/α-hetero) is 1. The van der Waals surface area contributed by atoms with Crippen molar-refractivity contribution < 1.29 is 14.6 Å². The SMILES string of the molecule is CC(=O)CC(O)c1ccc2cc(N3CCOCC3)ccc2c1. The lowest BCUT2D eigenvalue weighted by Crippen LogP contribution is -2.36. The fraction of sp³-hybridized carbons (Fsp3) is 0.389. The van der Waals surface area contributed by atoms with Crippen molar-refractivity contribution in [1.82, 2.24) is 0 Å². The van der Waals surface area contributed by atoms with Gasteiger partial charge in [0, 0.05) is 25.2 Å². The first-order valence-electron chi connectivity index (χ1n) is 7.67. The first-order valence-corrected chi connectivity index (χ1v) is 7.67. The van der Waals surface area contributed by atoms with E-state index in [1.165, 1.54) is 12.6 Å². The summed E-state index contributed by atoms with van der Waals surface area (Å²) in [5, 5.41) is 12.3. The van der Waals surface area contributed by atoms with Crippen LogP contribution in [0.1, 0.15) is 25.0 Å². The van der Waals surface area contributed by atoms with Gasteiger partial charge in [-0.3, -0.25) is 4.79 Å². The number of morpholine rings is 1. The fourth-order valence-corrected chi connectivity index (χ4v) is 2.87. The zero-order valence-electron chi connectivity index (χ0n) is 12.8. The van der Waals surface area contributed by atoms with E-state index in [1.807, 2.05) is 18.2 Å². The molecule has 1 heterocycles. The highest BCUT2D eigenvalue weighted by Crippen LogP contribution is 2.26. The minimum absolute atomic E-state index is 0.00439. The summed E-state index contributed by atoms with van der Waals surface area (Å²) in [6.45, 7) is 4.88. The maximum Gasteiger partial charge on any atom is 0.132 e. The Morgan fingerprint density at radius 3 is 2.59 bits per heavy atom. The van der Waals surface area contributed by atoms with Crippen molar-refractivity contribution in [1.29, 1.82) is 0 Å². The van der Waals surface area contributed by atoms with E-state index < -0.39 is 6.10 Å². The molecule has 1 N–H and O–H groups in total. The number of benzene rings is 2. The van der Waals surface area contributed by atoms with Gasteiger partial charge in [0.05, 0.1) is 19.3 Å². The molecule has 0 aromatic heterocycles. The lowest BCUT2D eigenvalue weighted by molar-refractivity contribution is -0.118. The van der Waals surface area contributed by atoms with Gasteiger partial charge in [-0.05, 0) is 41.5 Å². The third kappa shape index (κ3) is 3.29. The third-order valence-corrected chi connectivity index (χ3v) is 4.09. The number of rotatable bonds is 4. The normalized spacial score (nSPS) is 16.7. The van der Waals surface area contributed by atoms with Gasteiger partial charge >= 0.3 is 0 Å². The number of ether oxygens (including phenoxy) is 1. The average molecular weight is 299 g/mol. The van der Waals surface area contributed by atoms with E-state index in [9.17, 15) is 9.90 Å². The maximum absolute atomic E-state index is 11.1. The van der Waals surface area contributed by atoms with Gasteiger partial charge in [-0.15, -0.1) is 0 Å². The number of carbonyl (C=O) groups excluding carboxylic acids is 1. The molecule has 0 saturated carbocycles. The van der Waals surface area contributed by atoms with Gasteiger partial charge in [0.2, 0.25) is 0 Å². The monoisotopic (exact) mass is 299 g/mol. The number of carbonyl (C=O) groups is 1. The van der Waals surface area contributed by atoms with Gasteiger partial charge in [-0.25, -0.2) is 0 Å². The number of hydrogen-bond acceptors (Lipinski definition) is 4. The Morgan fingerprint density at radius 1 is 1.18 bits per heavy atom.